The molecule has 2 N–H and O–H groups in total. The molecule has 19 heavy (non-hydrogen) atoms. The first-order chi connectivity index (χ1) is 8.82. The van der Waals surface area contributed by atoms with E-state index in [1.165, 1.54) is 0 Å². The minimum absolute atomic E-state index is 0.0521. The van der Waals surface area contributed by atoms with Crippen molar-refractivity contribution >= 4 is 15.7 Å². The number of anilines is 1. The van der Waals surface area contributed by atoms with Crippen LogP contribution in [-0.2, 0) is 10.0 Å². The van der Waals surface area contributed by atoms with Crippen molar-refractivity contribution in [1.82, 2.24) is 4.31 Å². The molecule has 2 atom stereocenters. The van der Waals surface area contributed by atoms with Crippen LogP contribution in [0.4, 0.5) is 5.69 Å². The summed E-state index contributed by atoms with van der Waals surface area (Å²) in [6, 6.07) is 5.02. The maximum absolute atomic E-state index is 12.6. The molecule has 1 saturated heterocycles. The van der Waals surface area contributed by atoms with E-state index in [2.05, 4.69) is 6.92 Å². The van der Waals surface area contributed by atoms with Gasteiger partial charge in [0.15, 0.2) is 0 Å². The number of sulfonamides is 1. The number of benzene rings is 1. The summed E-state index contributed by atoms with van der Waals surface area (Å²) in [5.41, 5.74) is 7.25. The predicted octanol–water partition coefficient (Wildman–Crippen LogP) is 2.39. The zero-order valence-corrected chi connectivity index (χ0v) is 12.6. The van der Waals surface area contributed by atoms with Crippen LogP contribution in [0.1, 0.15) is 32.3 Å². The van der Waals surface area contributed by atoms with Crippen molar-refractivity contribution in [2.75, 3.05) is 12.3 Å². The van der Waals surface area contributed by atoms with Crippen LogP contribution in [0.2, 0.25) is 0 Å². The fraction of sp³-hybridized carbons (Fsp3) is 0.571. The molecule has 0 saturated carbocycles. The molecule has 0 spiro atoms. The molecule has 0 amide bonds. The highest BCUT2D eigenvalue weighted by Crippen LogP contribution is 2.29. The summed E-state index contributed by atoms with van der Waals surface area (Å²) in [4.78, 5) is 0.303. The van der Waals surface area contributed by atoms with Crippen LogP contribution in [0, 0.1) is 12.8 Å². The summed E-state index contributed by atoms with van der Waals surface area (Å²) in [5.74, 6) is 0.588. The van der Waals surface area contributed by atoms with Gasteiger partial charge in [-0.2, -0.15) is 4.31 Å². The Morgan fingerprint density at radius 1 is 1.32 bits per heavy atom. The van der Waals surface area contributed by atoms with E-state index >= 15 is 0 Å². The van der Waals surface area contributed by atoms with Crippen LogP contribution >= 0.6 is 0 Å². The van der Waals surface area contributed by atoms with Crippen LogP contribution in [0.15, 0.2) is 23.1 Å². The Kier molecular flexibility index (Phi) is 3.87. The fourth-order valence-electron chi connectivity index (χ4n) is 2.66. The maximum Gasteiger partial charge on any atom is 0.243 e. The van der Waals surface area contributed by atoms with Crippen molar-refractivity contribution in [1.29, 1.82) is 0 Å². The maximum atomic E-state index is 12.6. The van der Waals surface area contributed by atoms with Gasteiger partial charge in [-0.1, -0.05) is 13.0 Å². The summed E-state index contributed by atoms with van der Waals surface area (Å²) in [7, 11) is -3.42. The van der Waals surface area contributed by atoms with Crippen molar-refractivity contribution in [3.63, 3.8) is 0 Å². The minimum atomic E-state index is -3.42. The van der Waals surface area contributed by atoms with Crippen LogP contribution in [-0.4, -0.2) is 25.3 Å². The lowest BCUT2D eigenvalue weighted by atomic mass is 9.95. The second-order valence-electron chi connectivity index (χ2n) is 5.61. The summed E-state index contributed by atoms with van der Waals surface area (Å²) < 4.78 is 26.9. The third-order valence-electron chi connectivity index (χ3n) is 3.93. The summed E-state index contributed by atoms with van der Waals surface area (Å²) in [6.45, 7) is 6.62. The van der Waals surface area contributed by atoms with Gasteiger partial charge in [-0.25, -0.2) is 8.42 Å². The third-order valence-corrected chi connectivity index (χ3v) is 5.94. The molecule has 0 aromatic heterocycles. The van der Waals surface area contributed by atoms with Crippen LogP contribution in [0.25, 0.3) is 0 Å². The van der Waals surface area contributed by atoms with Crippen molar-refractivity contribution < 1.29 is 8.42 Å². The number of nitrogen functional groups attached to an aromatic ring is 1. The summed E-state index contributed by atoms with van der Waals surface area (Å²) in [5, 5.41) is 0. The third kappa shape index (κ3) is 2.77. The number of rotatable bonds is 2. The largest absolute Gasteiger partial charge is 0.398 e. The quantitative estimate of drug-likeness (QED) is 0.847. The molecule has 4 nitrogen and oxygen atoms in total. The Bertz CT molecular complexity index is 569. The van der Waals surface area contributed by atoms with E-state index in [0.717, 1.165) is 18.4 Å². The molecule has 0 aliphatic carbocycles. The number of nitrogens with two attached hydrogens (primary N) is 1. The first-order valence-corrected chi connectivity index (χ1v) is 8.14. The van der Waals surface area contributed by atoms with E-state index in [1.807, 2.05) is 13.8 Å². The Morgan fingerprint density at radius 3 is 2.58 bits per heavy atom. The average molecular weight is 282 g/mol. The lowest BCUT2D eigenvalue weighted by molar-refractivity contribution is 0.220. The Labute approximate surface area is 115 Å². The summed E-state index contributed by atoms with van der Waals surface area (Å²) in [6.07, 6.45) is 1.84. The van der Waals surface area contributed by atoms with Gasteiger partial charge < -0.3 is 5.73 Å². The number of hydrogen-bond donors (Lipinski definition) is 1. The molecular formula is C14H22N2O2S. The molecule has 0 bridgehead atoms. The van der Waals surface area contributed by atoms with Gasteiger partial charge in [0.1, 0.15) is 0 Å². The molecule has 1 aromatic rings. The van der Waals surface area contributed by atoms with Crippen LogP contribution < -0.4 is 5.73 Å². The van der Waals surface area contributed by atoms with Gasteiger partial charge in [-0.3, -0.25) is 0 Å². The monoisotopic (exact) mass is 282 g/mol. The highest BCUT2D eigenvalue weighted by molar-refractivity contribution is 7.89. The van der Waals surface area contributed by atoms with E-state index in [1.54, 1.807) is 22.5 Å². The molecule has 2 rings (SSSR count). The second-order valence-corrected chi connectivity index (χ2v) is 7.50. The highest BCUT2D eigenvalue weighted by atomic mass is 32.2. The Hall–Kier alpha value is -1.07. The molecule has 1 aliphatic rings. The van der Waals surface area contributed by atoms with Gasteiger partial charge >= 0.3 is 0 Å². The summed E-state index contributed by atoms with van der Waals surface area (Å²) >= 11 is 0. The van der Waals surface area contributed by atoms with Crippen molar-refractivity contribution in [2.45, 2.75) is 44.6 Å². The molecule has 1 heterocycles. The van der Waals surface area contributed by atoms with Crippen molar-refractivity contribution in [2.24, 2.45) is 5.92 Å². The van der Waals surface area contributed by atoms with Gasteiger partial charge in [0.2, 0.25) is 10.0 Å². The molecule has 1 aromatic carbocycles. The zero-order valence-electron chi connectivity index (χ0n) is 11.8. The Morgan fingerprint density at radius 2 is 2.00 bits per heavy atom. The first kappa shape index (κ1) is 14.3. The number of piperidine rings is 1. The molecular weight excluding hydrogens is 260 g/mol. The lowest BCUT2D eigenvalue weighted by Crippen LogP contribution is -2.44. The Balaban J connectivity index is 2.34. The van der Waals surface area contributed by atoms with Crippen molar-refractivity contribution in [3.8, 4) is 0 Å². The second kappa shape index (κ2) is 5.13. The number of hydrogen-bond acceptors (Lipinski definition) is 3. The van der Waals surface area contributed by atoms with E-state index in [4.69, 9.17) is 5.73 Å². The van der Waals surface area contributed by atoms with Crippen LogP contribution in [0.3, 0.4) is 0 Å². The molecule has 5 heteroatoms. The van der Waals surface area contributed by atoms with E-state index < -0.39 is 10.0 Å². The molecule has 1 fully saturated rings. The van der Waals surface area contributed by atoms with Gasteiger partial charge in [0.05, 0.1) is 4.90 Å². The number of nitrogens with zero attached hydrogens (tertiary/aromatic N) is 1. The van der Waals surface area contributed by atoms with E-state index in [0.29, 0.717) is 23.0 Å². The van der Waals surface area contributed by atoms with Crippen LogP contribution in [0.5, 0.6) is 0 Å². The van der Waals surface area contributed by atoms with E-state index in [-0.39, 0.29) is 6.04 Å². The SMILES string of the molecule is Cc1ccc(S(=O)(=O)N2CCC(C)CC2C)cc1N. The predicted molar refractivity (Wildman–Crippen MR) is 77.3 cm³/mol. The standard InChI is InChI=1S/C14H22N2O2S/c1-10-6-7-16(12(3)8-10)19(17,18)13-5-4-11(2)14(15)9-13/h4-5,9-10,12H,6-8,15H2,1-3H3. The van der Waals surface area contributed by atoms with E-state index in [9.17, 15) is 8.42 Å². The average Bonchev–Trinajstić information content (AvgIpc) is 2.32. The smallest absolute Gasteiger partial charge is 0.243 e. The molecule has 0 radical (unpaired) electrons. The topological polar surface area (TPSA) is 63.4 Å². The van der Waals surface area contributed by atoms with Gasteiger partial charge in [-0.05, 0) is 50.3 Å². The fourth-order valence-corrected chi connectivity index (χ4v) is 4.35. The van der Waals surface area contributed by atoms with Gasteiger partial charge in [0, 0.05) is 18.3 Å². The van der Waals surface area contributed by atoms with Crippen molar-refractivity contribution in [3.05, 3.63) is 23.8 Å². The zero-order chi connectivity index (χ0) is 14.2. The minimum Gasteiger partial charge on any atom is -0.398 e. The molecule has 2 unspecified atom stereocenters. The normalized spacial score (nSPS) is 25.4. The molecule has 106 valence electrons. The van der Waals surface area contributed by atoms with Gasteiger partial charge in [0.25, 0.3) is 0 Å². The first-order valence-electron chi connectivity index (χ1n) is 6.70. The number of aryl methyl sites for hydroxylation is 1. The lowest BCUT2D eigenvalue weighted by Gasteiger charge is -2.35. The highest BCUT2D eigenvalue weighted by Gasteiger charge is 2.33. The molecule has 1 aliphatic heterocycles. The van der Waals surface area contributed by atoms with Gasteiger partial charge in [-0.15, -0.1) is 0 Å².